The number of aromatic amines is 1. The van der Waals surface area contributed by atoms with E-state index >= 15 is 0 Å². The maximum atomic E-state index is 13.2. The molecule has 10 nitrogen and oxygen atoms in total. The molecule has 192 valence electrons. The first-order valence-corrected chi connectivity index (χ1v) is 11.5. The number of likely N-dealkylation sites (tertiary alicyclic amines) is 1. The van der Waals surface area contributed by atoms with Crippen LogP contribution in [0.4, 0.5) is 0 Å². The maximum Gasteiger partial charge on any atom is 0.355 e. The molecule has 0 saturated carbocycles. The molecule has 0 bridgehead atoms. The fourth-order valence-corrected chi connectivity index (χ4v) is 4.33. The Morgan fingerprint density at radius 2 is 1.75 bits per heavy atom. The number of ketones is 1. The number of methoxy groups -OCH3 is 1. The van der Waals surface area contributed by atoms with Crippen molar-refractivity contribution in [3.63, 3.8) is 0 Å². The molecule has 2 N–H and O–H groups in total. The van der Waals surface area contributed by atoms with Gasteiger partial charge in [0.05, 0.1) is 30.9 Å². The van der Waals surface area contributed by atoms with Crippen LogP contribution in [0, 0.1) is 13.8 Å². The van der Waals surface area contributed by atoms with E-state index in [9.17, 15) is 24.3 Å². The Hall–Kier alpha value is -3.92. The van der Waals surface area contributed by atoms with E-state index in [1.54, 1.807) is 45.0 Å². The van der Waals surface area contributed by atoms with Gasteiger partial charge in [-0.15, -0.1) is 0 Å². The second-order valence-electron chi connectivity index (χ2n) is 8.75. The molecular formula is C26H31N3O7. The highest BCUT2D eigenvalue weighted by Crippen LogP contribution is 2.40. The number of aliphatic hydroxyl groups is 1. The Morgan fingerprint density at radius 3 is 2.31 bits per heavy atom. The highest BCUT2D eigenvalue weighted by Gasteiger charge is 2.46. The molecular weight excluding hydrogens is 466 g/mol. The third-order valence-corrected chi connectivity index (χ3v) is 6.13. The van der Waals surface area contributed by atoms with Gasteiger partial charge in [0.2, 0.25) is 0 Å². The molecule has 1 atom stereocenters. The van der Waals surface area contributed by atoms with Crippen LogP contribution < -0.4 is 0 Å². The van der Waals surface area contributed by atoms with Gasteiger partial charge < -0.3 is 29.4 Å². The van der Waals surface area contributed by atoms with Gasteiger partial charge in [-0.05, 0) is 58.1 Å². The fourth-order valence-electron chi connectivity index (χ4n) is 4.33. The summed E-state index contributed by atoms with van der Waals surface area (Å²) >= 11 is 0. The molecule has 2 heterocycles. The first-order valence-electron chi connectivity index (χ1n) is 11.5. The van der Waals surface area contributed by atoms with Gasteiger partial charge in [0.15, 0.2) is 0 Å². The quantitative estimate of drug-likeness (QED) is 0.246. The van der Waals surface area contributed by atoms with Crippen molar-refractivity contribution in [3.8, 4) is 0 Å². The van der Waals surface area contributed by atoms with E-state index in [0.29, 0.717) is 28.9 Å². The van der Waals surface area contributed by atoms with Crippen LogP contribution in [0.1, 0.15) is 56.2 Å². The summed E-state index contributed by atoms with van der Waals surface area (Å²) in [6, 6.07) is 5.44. The van der Waals surface area contributed by atoms with Gasteiger partial charge in [-0.3, -0.25) is 9.59 Å². The van der Waals surface area contributed by atoms with E-state index in [1.807, 2.05) is 19.0 Å². The van der Waals surface area contributed by atoms with Crippen molar-refractivity contribution >= 4 is 29.4 Å². The Morgan fingerprint density at radius 1 is 1.11 bits per heavy atom. The van der Waals surface area contributed by atoms with E-state index < -0.39 is 29.7 Å². The van der Waals surface area contributed by atoms with E-state index in [1.165, 1.54) is 12.0 Å². The highest BCUT2D eigenvalue weighted by atomic mass is 16.5. The molecule has 0 aliphatic carbocycles. The number of carbonyl (C=O) groups is 4. The van der Waals surface area contributed by atoms with Gasteiger partial charge in [0, 0.05) is 24.3 Å². The second-order valence-corrected chi connectivity index (χ2v) is 8.75. The van der Waals surface area contributed by atoms with E-state index in [-0.39, 0.29) is 35.7 Å². The number of likely N-dealkylation sites (N-methyl/N-ethyl adjacent to an activating group) is 1. The van der Waals surface area contributed by atoms with E-state index in [2.05, 4.69) is 4.98 Å². The molecule has 1 amide bonds. The number of esters is 2. The van der Waals surface area contributed by atoms with Crippen LogP contribution in [0.2, 0.25) is 0 Å². The third-order valence-electron chi connectivity index (χ3n) is 6.13. The minimum absolute atomic E-state index is 0.0924. The summed E-state index contributed by atoms with van der Waals surface area (Å²) in [4.78, 5) is 56.8. The largest absolute Gasteiger partial charge is 0.507 e. The summed E-state index contributed by atoms with van der Waals surface area (Å²) in [5.74, 6) is -3.06. The van der Waals surface area contributed by atoms with E-state index in [4.69, 9.17) is 9.47 Å². The number of ether oxygens (including phenoxy) is 2. The molecule has 1 fully saturated rings. The number of Topliss-reactive ketones (excluding diaryl/α,β-unsaturated/α-hetero) is 1. The summed E-state index contributed by atoms with van der Waals surface area (Å²) in [6.07, 6.45) is 0. The molecule has 1 unspecified atom stereocenters. The number of aromatic nitrogens is 1. The number of H-pyrrole nitrogens is 1. The lowest BCUT2D eigenvalue weighted by Gasteiger charge is -2.26. The summed E-state index contributed by atoms with van der Waals surface area (Å²) in [5.41, 5.74) is 2.04. The average molecular weight is 498 g/mol. The monoisotopic (exact) mass is 497 g/mol. The molecule has 0 spiro atoms. The maximum absolute atomic E-state index is 13.2. The van der Waals surface area contributed by atoms with Gasteiger partial charge in [-0.25, -0.2) is 9.59 Å². The van der Waals surface area contributed by atoms with Crippen LogP contribution in [-0.4, -0.2) is 84.4 Å². The summed E-state index contributed by atoms with van der Waals surface area (Å²) in [6.45, 7) is 5.87. The summed E-state index contributed by atoms with van der Waals surface area (Å²) in [5, 5.41) is 11.4. The van der Waals surface area contributed by atoms with Crippen molar-refractivity contribution in [2.45, 2.75) is 26.8 Å². The van der Waals surface area contributed by atoms with Crippen molar-refractivity contribution in [2.24, 2.45) is 0 Å². The molecule has 10 heteroatoms. The van der Waals surface area contributed by atoms with Crippen LogP contribution in [-0.2, 0) is 19.1 Å². The highest BCUT2D eigenvalue weighted by molar-refractivity contribution is 6.46. The minimum atomic E-state index is -0.892. The smallest absolute Gasteiger partial charge is 0.355 e. The predicted molar refractivity (Wildman–Crippen MR) is 132 cm³/mol. The van der Waals surface area contributed by atoms with Crippen molar-refractivity contribution in [1.82, 2.24) is 14.8 Å². The lowest BCUT2D eigenvalue weighted by molar-refractivity contribution is -0.140. The van der Waals surface area contributed by atoms with Crippen molar-refractivity contribution in [3.05, 3.63) is 63.5 Å². The minimum Gasteiger partial charge on any atom is -0.507 e. The molecule has 2 aromatic rings. The Labute approximate surface area is 209 Å². The number of rotatable bonds is 8. The van der Waals surface area contributed by atoms with Gasteiger partial charge in [-0.2, -0.15) is 0 Å². The van der Waals surface area contributed by atoms with Crippen LogP contribution in [0.3, 0.4) is 0 Å². The SMILES string of the molecule is CCOC(=O)c1[nH]c(C)c(/C(O)=C2/C(=O)C(=O)N(CCN(C)C)C2c2ccc(C(=O)OC)cc2)c1C. The lowest BCUT2D eigenvalue weighted by Crippen LogP contribution is -2.35. The standard InChI is InChI=1S/C26H31N3O7/c1-7-36-26(34)20-14(2)18(15(3)27-20)22(30)19-21(16-8-10-17(11-9-16)25(33)35-6)29(13-12-28(4)5)24(32)23(19)31/h8-11,21,27,30H,7,12-13H2,1-6H3/b22-19-. The van der Waals surface area contributed by atoms with Gasteiger partial charge >= 0.3 is 11.9 Å². The lowest BCUT2D eigenvalue weighted by atomic mass is 9.93. The van der Waals surface area contributed by atoms with E-state index in [0.717, 1.165) is 0 Å². The molecule has 1 aliphatic heterocycles. The topological polar surface area (TPSA) is 129 Å². The number of hydrogen-bond donors (Lipinski definition) is 2. The van der Waals surface area contributed by atoms with Crippen molar-refractivity contribution in [2.75, 3.05) is 40.9 Å². The number of nitrogens with zero attached hydrogens (tertiary/aromatic N) is 2. The third kappa shape index (κ3) is 4.90. The zero-order valence-electron chi connectivity index (χ0n) is 21.3. The molecule has 1 aromatic heterocycles. The molecule has 1 aromatic carbocycles. The number of hydrogen-bond acceptors (Lipinski definition) is 8. The predicted octanol–water partition coefficient (Wildman–Crippen LogP) is 2.58. The second kappa shape index (κ2) is 10.8. The number of aryl methyl sites for hydroxylation is 1. The molecule has 3 rings (SSSR count). The van der Waals surface area contributed by atoms with Crippen molar-refractivity contribution < 1.29 is 33.8 Å². The Balaban J connectivity index is 2.19. The van der Waals surface area contributed by atoms with Gasteiger partial charge in [-0.1, -0.05) is 12.1 Å². The van der Waals surface area contributed by atoms with Crippen LogP contribution >= 0.6 is 0 Å². The number of carbonyl (C=O) groups excluding carboxylic acids is 4. The first-order chi connectivity index (χ1) is 17.0. The molecule has 36 heavy (non-hydrogen) atoms. The Kier molecular flexibility index (Phi) is 7.99. The Bertz CT molecular complexity index is 1220. The van der Waals surface area contributed by atoms with Crippen LogP contribution in [0.15, 0.2) is 29.8 Å². The van der Waals surface area contributed by atoms with Crippen LogP contribution in [0.25, 0.3) is 5.76 Å². The number of aliphatic hydroxyl groups excluding tert-OH is 1. The molecule has 1 aliphatic rings. The normalized spacial score (nSPS) is 17.1. The average Bonchev–Trinajstić information content (AvgIpc) is 3.29. The van der Waals surface area contributed by atoms with Gasteiger partial charge in [0.25, 0.3) is 11.7 Å². The summed E-state index contributed by atoms with van der Waals surface area (Å²) < 4.78 is 9.83. The number of nitrogens with one attached hydrogen (secondary N) is 1. The summed E-state index contributed by atoms with van der Waals surface area (Å²) in [7, 11) is 4.97. The fraction of sp³-hybridized carbons (Fsp3) is 0.385. The van der Waals surface area contributed by atoms with Gasteiger partial charge in [0.1, 0.15) is 11.5 Å². The van der Waals surface area contributed by atoms with Crippen molar-refractivity contribution in [1.29, 1.82) is 0 Å². The molecule has 0 radical (unpaired) electrons. The van der Waals surface area contributed by atoms with Crippen LogP contribution in [0.5, 0.6) is 0 Å². The number of benzene rings is 1. The zero-order valence-corrected chi connectivity index (χ0v) is 21.3. The zero-order chi connectivity index (χ0) is 26.7. The number of amides is 1. The first kappa shape index (κ1) is 26.7. The molecule has 1 saturated heterocycles.